The molecule has 3 N–H and O–H groups in total. The van der Waals surface area contributed by atoms with E-state index in [1.54, 1.807) is 0 Å². The largest absolute Gasteiger partial charge is 0.505 e. The van der Waals surface area contributed by atoms with Gasteiger partial charge in [0.05, 0.1) is 17.5 Å². The van der Waals surface area contributed by atoms with E-state index in [9.17, 15) is 10.2 Å². The Bertz CT molecular complexity index is 531. The molecule has 2 aromatic rings. The number of aromatic nitrogens is 1. The van der Waals surface area contributed by atoms with E-state index in [2.05, 4.69) is 4.98 Å². The first-order chi connectivity index (χ1) is 8.27. The van der Waals surface area contributed by atoms with Crippen LogP contribution < -0.4 is 0 Å². The van der Waals surface area contributed by atoms with Gasteiger partial charge in [-0.05, 0) is 19.3 Å². The first kappa shape index (κ1) is 10.4. The molecule has 1 aromatic carbocycles. The van der Waals surface area contributed by atoms with E-state index < -0.39 is 6.10 Å². The second-order valence-electron chi connectivity index (χ2n) is 4.51. The van der Waals surface area contributed by atoms with E-state index in [1.807, 2.05) is 30.3 Å². The first-order valence-corrected chi connectivity index (χ1v) is 5.94. The molecule has 3 rings (SSSR count). The molecule has 0 bridgehead atoms. The van der Waals surface area contributed by atoms with Crippen molar-refractivity contribution in [1.29, 1.82) is 0 Å². The number of fused-ring (bicyclic) bond motifs is 1. The number of aromatic hydroxyl groups is 1. The summed E-state index contributed by atoms with van der Waals surface area (Å²) in [5, 5.41) is 20.1. The van der Waals surface area contributed by atoms with Crippen molar-refractivity contribution >= 4 is 0 Å². The smallest absolute Gasteiger partial charge is 0.144 e. The van der Waals surface area contributed by atoms with Crippen LogP contribution in [0.15, 0.2) is 30.3 Å². The summed E-state index contributed by atoms with van der Waals surface area (Å²) in [6, 6.07) is 9.71. The topological polar surface area (TPSA) is 56.2 Å². The van der Waals surface area contributed by atoms with Gasteiger partial charge in [0, 0.05) is 11.1 Å². The molecule has 3 nitrogen and oxygen atoms in total. The Morgan fingerprint density at radius 3 is 2.65 bits per heavy atom. The summed E-state index contributed by atoms with van der Waals surface area (Å²) < 4.78 is 0. The van der Waals surface area contributed by atoms with E-state index in [-0.39, 0.29) is 0 Å². The molecule has 0 radical (unpaired) electrons. The number of rotatable bonds is 1. The number of hydrogen-bond donors (Lipinski definition) is 3. The SMILES string of the molecule is Oc1c(-c2ccccc2)[nH]c2c1CCCC2O. The van der Waals surface area contributed by atoms with Crippen LogP contribution in [0.5, 0.6) is 5.75 Å². The maximum Gasteiger partial charge on any atom is 0.144 e. The van der Waals surface area contributed by atoms with Crippen LogP contribution in [0, 0.1) is 0 Å². The Hall–Kier alpha value is -1.74. The third-order valence-electron chi connectivity index (χ3n) is 3.41. The van der Waals surface area contributed by atoms with Gasteiger partial charge in [-0.2, -0.15) is 0 Å². The van der Waals surface area contributed by atoms with Gasteiger partial charge in [0.2, 0.25) is 0 Å². The minimum Gasteiger partial charge on any atom is -0.505 e. The molecule has 0 aliphatic heterocycles. The van der Waals surface area contributed by atoms with Gasteiger partial charge in [0.25, 0.3) is 0 Å². The van der Waals surface area contributed by atoms with Crippen LogP contribution >= 0.6 is 0 Å². The zero-order chi connectivity index (χ0) is 11.8. The van der Waals surface area contributed by atoms with Crippen LogP contribution in [0.4, 0.5) is 0 Å². The van der Waals surface area contributed by atoms with Gasteiger partial charge >= 0.3 is 0 Å². The molecule has 1 heterocycles. The number of aromatic amines is 1. The summed E-state index contributed by atoms with van der Waals surface area (Å²) in [4.78, 5) is 3.17. The van der Waals surface area contributed by atoms with Crippen LogP contribution in [0.25, 0.3) is 11.3 Å². The lowest BCUT2D eigenvalue weighted by Crippen LogP contribution is -2.07. The van der Waals surface area contributed by atoms with Crippen LogP contribution in [0.3, 0.4) is 0 Å². The average Bonchev–Trinajstić information content (AvgIpc) is 2.70. The van der Waals surface area contributed by atoms with E-state index in [4.69, 9.17) is 0 Å². The maximum absolute atomic E-state index is 10.2. The predicted molar refractivity (Wildman–Crippen MR) is 65.8 cm³/mol. The number of aliphatic hydroxyl groups is 1. The van der Waals surface area contributed by atoms with Crippen molar-refractivity contribution in [2.75, 3.05) is 0 Å². The lowest BCUT2D eigenvalue weighted by Gasteiger charge is -2.16. The minimum absolute atomic E-state index is 0.296. The Morgan fingerprint density at radius 1 is 1.18 bits per heavy atom. The summed E-state index contributed by atoms with van der Waals surface area (Å²) in [5.41, 5.74) is 3.33. The molecule has 3 heteroatoms. The van der Waals surface area contributed by atoms with Crippen LogP contribution in [0.2, 0.25) is 0 Å². The van der Waals surface area contributed by atoms with Crippen LogP contribution in [-0.4, -0.2) is 15.2 Å². The summed E-state index contributed by atoms with van der Waals surface area (Å²) in [7, 11) is 0. The fourth-order valence-electron chi connectivity index (χ4n) is 2.52. The van der Waals surface area contributed by atoms with E-state index in [0.29, 0.717) is 5.75 Å². The third-order valence-corrected chi connectivity index (χ3v) is 3.41. The van der Waals surface area contributed by atoms with Gasteiger partial charge in [-0.25, -0.2) is 0 Å². The molecule has 1 atom stereocenters. The zero-order valence-corrected chi connectivity index (χ0v) is 9.48. The molecule has 0 spiro atoms. The summed E-state index contributed by atoms with van der Waals surface area (Å²) in [5.74, 6) is 0.296. The highest BCUT2D eigenvalue weighted by Crippen LogP contribution is 2.40. The fraction of sp³-hybridized carbons (Fsp3) is 0.286. The fourth-order valence-corrected chi connectivity index (χ4v) is 2.52. The van der Waals surface area contributed by atoms with Crippen molar-refractivity contribution in [2.24, 2.45) is 0 Å². The molecule has 0 saturated carbocycles. The molecule has 88 valence electrons. The highest BCUT2D eigenvalue weighted by molar-refractivity contribution is 5.70. The zero-order valence-electron chi connectivity index (χ0n) is 9.48. The molecule has 17 heavy (non-hydrogen) atoms. The summed E-state index contributed by atoms with van der Waals surface area (Å²) >= 11 is 0. The van der Waals surface area contributed by atoms with Crippen molar-refractivity contribution in [3.63, 3.8) is 0 Å². The molecule has 0 saturated heterocycles. The molecular weight excluding hydrogens is 214 g/mol. The highest BCUT2D eigenvalue weighted by atomic mass is 16.3. The van der Waals surface area contributed by atoms with Gasteiger partial charge in [-0.1, -0.05) is 30.3 Å². The van der Waals surface area contributed by atoms with Crippen molar-refractivity contribution in [1.82, 2.24) is 4.98 Å². The van der Waals surface area contributed by atoms with Crippen molar-refractivity contribution < 1.29 is 10.2 Å². The Labute approximate surface area is 99.7 Å². The Balaban J connectivity index is 2.14. The van der Waals surface area contributed by atoms with Crippen LogP contribution in [-0.2, 0) is 6.42 Å². The average molecular weight is 229 g/mol. The van der Waals surface area contributed by atoms with Gasteiger partial charge in [-0.3, -0.25) is 0 Å². The maximum atomic E-state index is 10.2. The lowest BCUT2D eigenvalue weighted by molar-refractivity contribution is 0.152. The molecular formula is C14H15NO2. The Kier molecular flexibility index (Phi) is 2.41. The molecule has 1 aromatic heterocycles. The molecule has 1 unspecified atom stereocenters. The second-order valence-corrected chi connectivity index (χ2v) is 4.51. The van der Waals surface area contributed by atoms with Gasteiger partial charge in [-0.15, -0.1) is 0 Å². The second kappa shape index (κ2) is 3.93. The van der Waals surface area contributed by atoms with E-state index in [1.165, 1.54) is 0 Å². The number of hydrogen-bond acceptors (Lipinski definition) is 2. The van der Waals surface area contributed by atoms with Gasteiger partial charge in [0.1, 0.15) is 5.75 Å². The standard InChI is InChI=1S/C14H15NO2/c16-11-8-4-7-10-13(11)15-12(14(10)17)9-5-2-1-3-6-9/h1-3,5-6,11,15-17H,4,7-8H2. The number of benzene rings is 1. The summed E-state index contributed by atoms with van der Waals surface area (Å²) in [6.07, 6.45) is 2.05. The Morgan fingerprint density at radius 2 is 1.94 bits per heavy atom. The molecule has 1 aliphatic carbocycles. The number of aliphatic hydroxyl groups excluding tert-OH is 1. The third kappa shape index (κ3) is 1.63. The normalized spacial score (nSPS) is 19.0. The van der Waals surface area contributed by atoms with Crippen LogP contribution in [0.1, 0.15) is 30.2 Å². The van der Waals surface area contributed by atoms with Crippen molar-refractivity contribution in [3.8, 4) is 17.0 Å². The predicted octanol–water partition coefficient (Wildman–Crippen LogP) is 2.76. The molecule has 1 aliphatic rings. The van der Waals surface area contributed by atoms with Gasteiger partial charge < -0.3 is 15.2 Å². The molecule has 0 fully saturated rings. The number of nitrogens with one attached hydrogen (secondary N) is 1. The quantitative estimate of drug-likeness (QED) is 0.704. The van der Waals surface area contributed by atoms with Crippen molar-refractivity contribution in [3.05, 3.63) is 41.6 Å². The van der Waals surface area contributed by atoms with Gasteiger partial charge in [0.15, 0.2) is 0 Å². The van der Waals surface area contributed by atoms with Crippen molar-refractivity contribution in [2.45, 2.75) is 25.4 Å². The first-order valence-electron chi connectivity index (χ1n) is 5.94. The molecule has 0 amide bonds. The monoisotopic (exact) mass is 229 g/mol. The minimum atomic E-state index is -0.470. The summed E-state index contributed by atoms with van der Waals surface area (Å²) in [6.45, 7) is 0. The lowest BCUT2D eigenvalue weighted by atomic mass is 9.95. The van der Waals surface area contributed by atoms with E-state index >= 15 is 0 Å². The highest BCUT2D eigenvalue weighted by Gasteiger charge is 2.25. The van der Waals surface area contributed by atoms with E-state index in [0.717, 1.165) is 41.8 Å². The number of H-pyrrole nitrogens is 1.